The lowest BCUT2D eigenvalue weighted by Crippen LogP contribution is -2.26. The minimum atomic E-state index is -3.58. The molecule has 0 saturated heterocycles. The van der Waals surface area contributed by atoms with E-state index in [0.29, 0.717) is 11.5 Å². The van der Waals surface area contributed by atoms with Crippen molar-refractivity contribution in [1.82, 2.24) is 0 Å². The number of rotatable bonds is 2. The summed E-state index contributed by atoms with van der Waals surface area (Å²) < 4.78 is 35.2. The summed E-state index contributed by atoms with van der Waals surface area (Å²) in [6.07, 6.45) is 0.819. The molecule has 0 radical (unpaired) electrons. The van der Waals surface area contributed by atoms with Crippen LogP contribution in [0.25, 0.3) is 0 Å². The van der Waals surface area contributed by atoms with Gasteiger partial charge in [-0.3, -0.25) is 0 Å². The molecule has 1 saturated carbocycles. The Morgan fingerprint density at radius 1 is 1.22 bits per heavy atom. The van der Waals surface area contributed by atoms with Gasteiger partial charge in [0.2, 0.25) is 0 Å². The van der Waals surface area contributed by atoms with E-state index < -0.39 is 6.29 Å². The molecule has 1 aromatic carbocycles. The summed E-state index contributed by atoms with van der Waals surface area (Å²) in [6, 6.07) is 4.63. The van der Waals surface area contributed by atoms with Crippen molar-refractivity contribution < 1.29 is 18.3 Å². The smallest absolute Gasteiger partial charge is 0.395 e. The molecular formula is C13H15F2NO2. The van der Waals surface area contributed by atoms with E-state index >= 15 is 0 Å². The molecule has 3 rings (SSSR count). The van der Waals surface area contributed by atoms with Crippen LogP contribution in [0.15, 0.2) is 18.2 Å². The molecule has 0 aromatic heterocycles. The van der Waals surface area contributed by atoms with Crippen LogP contribution in [0.2, 0.25) is 0 Å². The highest BCUT2D eigenvalue weighted by Crippen LogP contribution is 2.47. The highest BCUT2D eigenvalue weighted by Gasteiger charge is 2.45. The first-order valence-electron chi connectivity index (χ1n) is 6.21. The summed E-state index contributed by atoms with van der Waals surface area (Å²) in [5.41, 5.74) is 6.80. The van der Waals surface area contributed by atoms with Gasteiger partial charge in [0.05, 0.1) is 0 Å². The Morgan fingerprint density at radius 3 is 2.67 bits per heavy atom. The van der Waals surface area contributed by atoms with E-state index in [9.17, 15) is 8.78 Å². The van der Waals surface area contributed by atoms with Crippen molar-refractivity contribution in [2.24, 2.45) is 11.7 Å². The molecule has 2 N–H and O–H groups in total. The number of nitrogens with two attached hydrogens (primary N) is 1. The molecule has 1 aliphatic carbocycles. The Balaban J connectivity index is 1.92. The molecule has 3 nitrogen and oxygen atoms in total. The van der Waals surface area contributed by atoms with Crippen molar-refractivity contribution in [3.05, 3.63) is 23.8 Å². The lowest BCUT2D eigenvalue weighted by molar-refractivity contribution is -0.287. The van der Waals surface area contributed by atoms with Crippen molar-refractivity contribution in [1.29, 1.82) is 0 Å². The maximum Gasteiger partial charge on any atom is 0.586 e. The van der Waals surface area contributed by atoms with Crippen LogP contribution in [-0.4, -0.2) is 6.29 Å². The summed E-state index contributed by atoms with van der Waals surface area (Å²) >= 11 is 0. The Kier molecular flexibility index (Phi) is 2.66. The highest BCUT2D eigenvalue weighted by molar-refractivity contribution is 5.50. The van der Waals surface area contributed by atoms with Gasteiger partial charge >= 0.3 is 6.29 Å². The first-order valence-corrected chi connectivity index (χ1v) is 6.21. The van der Waals surface area contributed by atoms with Crippen LogP contribution in [0, 0.1) is 5.92 Å². The molecular weight excluding hydrogens is 240 g/mol. The molecule has 1 heterocycles. The zero-order valence-electron chi connectivity index (χ0n) is 9.86. The molecule has 0 amide bonds. The Morgan fingerprint density at radius 2 is 1.94 bits per heavy atom. The minimum Gasteiger partial charge on any atom is -0.395 e. The minimum absolute atomic E-state index is 0.0750. The maximum absolute atomic E-state index is 13.1. The number of halogens is 2. The second-order valence-corrected chi connectivity index (χ2v) is 4.91. The van der Waals surface area contributed by atoms with Crippen LogP contribution in [0.5, 0.6) is 11.5 Å². The van der Waals surface area contributed by atoms with E-state index in [1.54, 1.807) is 12.1 Å². The lowest BCUT2D eigenvalue weighted by atomic mass is 9.92. The summed E-state index contributed by atoms with van der Waals surface area (Å²) in [7, 11) is 0. The topological polar surface area (TPSA) is 44.5 Å². The monoisotopic (exact) mass is 255 g/mol. The first kappa shape index (κ1) is 11.7. The third kappa shape index (κ3) is 1.92. The number of fused-ring (bicyclic) bond motifs is 1. The fraction of sp³-hybridized carbons (Fsp3) is 0.538. The molecule has 5 heteroatoms. The molecule has 98 valence electrons. The van der Waals surface area contributed by atoms with Gasteiger partial charge in [-0.15, -0.1) is 8.78 Å². The van der Waals surface area contributed by atoms with E-state index in [1.165, 1.54) is 6.07 Å². The third-order valence-electron chi connectivity index (χ3n) is 3.73. The van der Waals surface area contributed by atoms with Crippen molar-refractivity contribution in [3.63, 3.8) is 0 Å². The van der Waals surface area contributed by atoms with Crippen LogP contribution < -0.4 is 15.2 Å². The number of ether oxygens (including phenoxy) is 2. The summed E-state index contributed by atoms with van der Waals surface area (Å²) in [5.74, 6) is 0.516. The maximum atomic E-state index is 13.1. The Hall–Kier alpha value is -1.36. The van der Waals surface area contributed by atoms with Crippen molar-refractivity contribution >= 4 is 0 Å². The average Bonchev–Trinajstić information content (AvgIpc) is 2.91. The average molecular weight is 255 g/mol. The van der Waals surface area contributed by atoms with Gasteiger partial charge in [0.25, 0.3) is 0 Å². The summed E-state index contributed by atoms with van der Waals surface area (Å²) in [6.45, 7) is 0. The molecule has 1 atom stereocenters. The van der Waals surface area contributed by atoms with Gasteiger partial charge < -0.3 is 15.2 Å². The molecule has 0 bridgehead atoms. The van der Waals surface area contributed by atoms with Crippen molar-refractivity contribution in [2.45, 2.75) is 38.0 Å². The SMILES string of the molecule is N[C@@H](c1cccc2c1OC(F)(F)O2)C1CCCC1. The van der Waals surface area contributed by atoms with Gasteiger partial charge in [0.1, 0.15) is 0 Å². The normalized spacial score (nSPS) is 23.3. The zero-order chi connectivity index (χ0) is 12.8. The number of benzene rings is 1. The Labute approximate surface area is 104 Å². The van der Waals surface area contributed by atoms with Gasteiger partial charge in [0.15, 0.2) is 11.5 Å². The highest BCUT2D eigenvalue weighted by atomic mass is 19.3. The Bertz CT molecular complexity index is 458. The van der Waals surface area contributed by atoms with Gasteiger partial charge in [-0.05, 0) is 24.8 Å². The van der Waals surface area contributed by atoms with E-state index in [0.717, 1.165) is 25.7 Å². The zero-order valence-corrected chi connectivity index (χ0v) is 9.86. The van der Waals surface area contributed by atoms with Gasteiger partial charge in [-0.2, -0.15) is 0 Å². The largest absolute Gasteiger partial charge is 0.586 e. The van der Waals surface area contributed by atoms with E-state index in [4.69, 9.17) is 5.73 Å². The summed E-state index contributed by atoms with van der Waals surface area (Å²) in [4.78, 5) is 0. The van der Waals surface area contributed by atoms with Crippen LogP contribution in [0.1, 0.15) is 37.3 Å². The van der Waals surface area contributed by atoms with Crippen molar-refractivity contribution in [2.75, 3.05) is 0 Å². The van der Waals surface area contributed by atoms with Gasteiger partial charge in [0, 0.05) is 11.6 Å². The molecule has 18 heavy (non-hydrogen) atoms. The lowest BCUT2D eigenvalue weighted by Gasteiger charge is -2.20. The van der Waals surface area contributed by atoms with E-state index in [-0.39, 0.29) is 17.5 Å². The number of hydrogen-bond donors (Lipinski definition) is 1. The standard InChI is InChI=1S/C13H15F2NO2/c14-13(15)17-10-7-3-6-9(12(10)18-13)11(16)8-4-1-2-5-8/h3,6-8,11H,1-2,4-5,16H2/t11-/m1/s1. The predicted molar refractivity (Wildman–Crippen MR) is 61.5 cm³/mol. The number of alkyl halides is 2. The molecule has 1 aliphatic heterocycles. The summed E-state index contributed by atoms with van der Waals surface area (Å²) in [5, 5.41) is 0. The van der Waals surface area contributed by atoms with Gasteiger partial charge in [-0.25, -0.2) is 0 Å². The molecule has 0 spiro atoms. The molecule has 0 unspecified atom stereocenters. The van der Waals surface area contributed by atoms with Crippen molar-refractivity contribution in [3.8, 4) is 11.5 Å². The fourth-order valence-corrected chi connectivity index (χ4v) is 2.82. The molecule has 2 aliphatic rings. The number of hydrogen-bond acceptors (Lipinski definition) is 3. The molecule has 1 fully saturated rings. The van der Waals surface area contributed by atoms with E-state index in [2.05, 4.69) is 9.47 Å². The molecule has 1 aromatic rings. The first-order chi connectivity index (χ1) is 8.57. The quantitative estimate of drug-likeness (QED) is 0.882. The third-order valence-corrected chi connectivity index (χ3v) is 3.73. The second kappa shape index (κ2) is 4.09. The fourth-order valence-electron chi connectivity index (χ4n) is 2.82. The van der Waals surface area contributed by atoms with Crippen LogP contribution in [-0.2, 0) is 0 Å². The number of para-hydroxylation sites is 1. The predicted octanol–water partition coefficient (Wildman–Crippen LogP) is 3.20. The van der Waals surface area contributed by atoms with E-state index in [1.807, 2.05) is 0 Å². The second-order valence-electron chi connectivity index (χ2n) is 4.91. The van der Waals surface area contributed by atoms with Crippen LogP contribution >= 0.6 is 0 Å². The van der Waals surface area contributed by atoms with Crippen LogP contribution in [0.4, 0.5) is 8.78 Å². The van der Waals surface area contributed by atoms with Crippen LogP contribution in [0.3, 0.4) is 0 Å². The van der Waals surface area contributed by atoms with Gasteiger partial charge in [-0.1, -0.05) is 25.0 Å².